The van der Waals surface area contributed by atoms with Gasteiger partial charge in [0.15, 0.2) is 0 Å². The van der Waals surface area contributed by atoms with E-state index in [0.717, 1.165) is 30.7 Å². The lowest BCUT2D eigenvalue weighted by Crippen LogP contribution is -2.52. The van der Waals surface area contributed by atoms with E-state index in [4.69, 9.17) is 4.74 Å². The second kappa shape index (κ2) is 7.16. The molecule has 1 amide bonds. The Bertz CT molecular complexity index is 751. The highest BCUT2D eigenvalue weighted by Gasteiger charge is 2.35. The van der Waals surface area contributed by atoms with E-state index in [1.807, 2.05) is 0 Å². The molecule has 0 saturated carbocycles. The highest BCUT2D eigenvalue weighted by molar-refractivity contribution is 7.89. The summed E-state index contributed by atoms with van der Waals surface area (Å²) in [4.78, 5) is 13.7. The van der Waals surface area contributed by atoms with Crippen molar-refractivity contribution in [2.75, 3.05) is 32.8 Å². The molecule has 10 heteroatoms. The fraction of sp³-hybridized carbons (Fsp3) is 0.562. The normalized spacial score (nSPS) is 22.6. The molecule has 0 spiro atoms. The molecule has 1 aromatic rings. The van der Waals surface area contributed by atoms with Crippen molar-refractivity contribution >= 4 is 15.9 Å². The molecule has 144 valence electrons. The highest BCUT2D eigenvalue weighted by Crippen LogP contribution is 2.30. The molecule has 0 bridgehead atoms. The minimum atomic E-state index is -4.52. The summed E-state index contributed by atoms with van der Waals surface area (Å²) in [5, 5.41) is 0. The van der Waals surface area contributed by atoms with Crippen molar-refractivity contribution < 1.29 is 31.1 Å². The van der Waals surface area contributed by atoms with Crippen molar-refractivity contribution in [2.45, 2.75) is 30.0 Å². The molecule has 0 radical (unpaired) electrons. The van der Waals surface area contributed by atoms with Gasteiger partial charge in [-0.25, -0.2) is 8.42 Å². The van der Waals surface area contributed by atoms with Crippen LogP contribution >= 0.6 is 0 Å². The number of rotatable bonds is 3. The van der Waals surface area contributed by atoms with Crippen LogP contribution in [0.4, 0.5) is 13.2 Å². The number of carbonyl (C=O) groups excluding carboxylic acids is 1. The molecular formula is C16H19F3N2O4S. The van der Waals surface area contributed by atoms with E-state index in [1.165, 1.54) is 4.31 Å². The van der Waals surface area contributed by atoms with Crippen LogP contribution in [-0.4, -0.2) is 62.4 Å². The number of carbonyl (C=O) groups is 1. The molecule has 26 heavy (non-hydrogen) atoms. The number of ether oxygens (including phenoxy) is 1. The first-order valence-corrected chi connectivity index (χ1v) is 9.71. The number of sulfonamides is 1. The topological polar surface area (TPSA) is 66.9 Å². The van der Waals surface area contributed by atoms with Crippen LogP contribution in [0, 0.1) is 0 Å². The number of nitrogens with zero attached hydrogens (tertiary/aromatic N) is 2. The smallest absolute Gasteiger partial charge is 0.368 e. The fourth-order valence-electron chi connectivity index (χ4n) is 3.09. The largest absolute Gasteiger partial charge is 0.416 e. The molecule has 2 heterocycles. The van der Waals surface area contributed by atoms with E-state index in [-0.39, 0.29) is 37.0 Å². The van der Waals surface area contributed by atoms with Gasteiger partial charge in [-0.05, 0) is 37.1 Å². The molecule has 3 rings (SSSR count). The Morgan fingerprint density at radius 3 is 2.19 bits per heavy atom. The minimum Gasteiger partial charge on any atom is -0.368 e. The van der Waals surface area contributed by atoms with Gasteiger partial charge in [-0.15, -0.1) is 0 Å². The number of amides is 1. The summed E-state index contributed by atoms with van der Waals surface area (Å²) < 4.78 is 69.6. The molecule has 2 aliphatic rings. The van der Waals surface area contributed by atoms with Gasteiger partial charge in [-0.2, -0.15) is 17.5 Å². The lowest BCUT2D eigenvalue weighted by Gasteiger charge is -2.35. The lowest BCUT2D eigenvalue weighted by molar-refractivity contribution is -0.142. The maximum absolute atomic E-state index is 12.6. The zero-order valence-electron chi connectivity index (χ0n) is 13.9. The standard InChI is InChI=1S/C16H19F3N2O4S/c17-16(18,19)12-3-5-13(6-4-12)26(23,24)21-9-7-20(8-10-21)15(22)14-2-1-11-25-14/h3-6,14H,1-2,7-11H2/t14-/m0/s1. The van der Waals surface area contributed by atoms with Crippen molar-refractivity contribution in [3.8, 4) is 0 Å². The molecule has 0 aliphatic carbocycles. The molecule has 0 aromatic heterocycles. The number of piperazine rings is 1. The third-order valence-corrected chi connectivity index (χ3v) is 6.49. The first-order chi connectivity index (χ1) is 12.2. The van der Waals surface area contributed by atoms with Crippen LogP contribution in [0.1, 0.15) is 18.4 Å². The summed E-state index contributed by atoms with van der Waals surface area (Å²) in [7, 11) is -3.90. The van der Waals surface area contributed by atoms with Gasteiger partial charge in [-0.1, -0.05) is 0 Å². The van der Waals surface area contributed by atoms with Gasteiger partial charge in [0.2, 0.25) is 10.0 Å². The Kier molecular flexibility index (Phi) is 5.27. The monoisotopic (exact) mass is 392 g/mol. The molecule has 6 nitrogen and oxygen atoms in total. The maximum atomic E-state index is 12.6. The van der Waals surface area contributed by atoms with Crippen LogP contribution in [0.2, 0.25) is 0 Å². The maximum Gasteiger partial charge on any atom is 0.416 e. The third-order valence-electron chi connectivity index (χ3n) is 4.57. The summed E-state index contributed by atoms with van der Waals surface area (Å²) in [5.41, 5.74) is -0.900. The molecule has 0 N–H and O–H groups in total. The van der Waals surface area contributed by atoms with Crippen LogP contribution in [0.3, 0.4) is 0 Å². The Morgan fingerprint density at radius 2 is 1.69 bits per heavy atom. The van der Waals surface area contributed by atoms with Crippen LogP contribution in [0.5, 0.6) is 0 Å². The minimum absolute atomic E-state index is 0.0990. The highest BCUT2D eigenvalue weighted by atomic mass is 32.2. The Labute approximate surface area is 149 Å². The second-order valence-electron chi connectivity index (χ2n) is 6.25. The zero-order valence-corrected chi connectivity index (χ0v) is 14.7. The summed E-state index contributed by atoms with van der Waals surface area (Å²) in [6.45, 7) is 1.22. The van der Waals surface area contributed by atoms with Gasteiger partial charge >= 0.3 is 6.18 Å². The van der Waals surface area contributed by atoms with Gasteiger partial charge in [0.05, 0.1) is 10.5 Å². The van der Waals surface area contributed by atoms with Gasteiger partial charge in [-0.3, -0.25) is 4.79 Å². The van der Waals surface area contributed by atoms with Gasteiger partial charge in [0.25, 0.3) is 5.91 Å². The van der Waals surface area contributed by atoms with Gasteiger partial charge in [0.1, 0.15) is 6.10 Å². The van der Waals surface area contributed by atoms with Crippen LogP contribution in [-0.2, 0) is 25.7 Å². The van der Waals surface area contributed by atoms with Crippen molar-refractivity contribution in [2.24, 2.45) is 0 Å². The van der Waals surface area contributed by atoms with Crippen molar-refractivity contribution in [3.05, 3.63) is 29.8 Å². The Hall–Kier alpha value is -1.65. The molecule has 0 unspecified atom stereocenters. The Morgan fingerprint density at radius 1 is 1.08 bits per heavy atom. The van der Waals surface area contributed by atoms with Crippen LogP contribution in [0.25, 0.3) is 0 Å². The van der Waals surface area contributed by atoms with Crippen LogP contribution in [0.15, 0.2) is 29.2 Å². The second-order valence-corrected chi connectivity index (χ2v) is 8.19. The fourth-order valence-corrected chi connectivity index (χ4v) is 4.51. The SMILES string of the molecule is O=C([C@@H]1CCCO1)N1CCN(S(=O)(=O)c2ccc(C(F)(F)F)cc2)CC1. The lowest BCUT2D eigenvalue weighted by atomic mass is 10.2. The average Bonchev–Trinajstić information content (AvgIpc) is 3.15. The van der Waals surface area contributed by atoms with E-state index in [2.05, 4.69) is 0 Å². The van der Waals surface area contributed by atoms with E-state index in [9.17, 15) is 26.4 Å². The average molecular weight is 392 g/mol. The van der Waals surface area contributed by atoms with E-state index in [0.29, 0.717) is 13.0 Å². The number of hydrogen-bond donors (Lipinski definition) is 0. The zero-order chi connectivity index (χ0) is 18.9. The number of halogens is 3. The molecule has 2 fully saturated rings. The summed E-state index contributed by atoms with van der Waals surface area (Å²) in [5.74, 6) is -0.130. The van der Waals surface area contributed by atoms with Gasteiger partial charge in [0, 0.05) is 32.8 Å². The van der Waals surface area contributed by atoms with E-state index in [1.54, 1.807) is 4.90 Å². The van der Waals surface area contributed by atoms with Gasteiger partial charge < -0.3 is 9.64 Å². The molecule has 1 atom stereocenters. The summed E-state index contributed by atoms with van der Waals surface area (Å²) >= 11 is 0. The first kappa shape index (κ1) is 19.1. The predicted molar refractivity (Wildman–Crippen MR) is 85.8 cm³/mol. The molecule has 1 aromatic carbocycles. The summed E-state index contributed by atoms with van der Waals surface area (Å²) in [6.07, 6.45) is -3.47. The van der Waals surface area contributed by atoms with E-state index < -0.39 is 27.9 Å². The quantitative estimate of drug-likeness (QED) is 0.786. The van der Waals surface area contributed by atoms with Crippen molar-refractivity contribution in [1.82, 2.24) is 9.21 Å². The third kappa shape index (κ3) is 3.86. The summed E-state index contributed by atoms with van der Waals surface area (Å²) in [6, 6.07) is 3.43. The van der Waals surface area contributed by atoms with E-state index >= 15 is 0 Å². The number of hydrogen-bond acceptors (Lipinski definition) is 4. The van der Waals surface area contributed by atoms with Crippen LogP contribution < -0.4 is 0 Å². The Balaban J connectivity index is 1.65. The predicted octanol–water partition coefficient (Wildman–Crippen LogP) is 1.72. The van der Waals surface area contributed by atoms with Crippen molar-refractivity contribution in [1.29, 1.82) is 0 Å². The molecule has 2 aliphatic heterocycles. The first-order valence-electron chi connectivity index (χ1n) is 8.27. The molecule has 2 saturated heterocycles. The number of benzene rings is 1. The number of alkyl halides is 3. The van der Waals surface area contributed by atoms with Crippen molar-refractivity contribution in [3.63, 3.8) is 0 Å². The molecular weight excluding hydrogens is 373 g/mol.